The van der Waals surface area contributed by atoms with Crippen LogP contribution in [0.5, 0.6) is 0 Å². The lowest BCUT2D eigenvalue weighted by molar-refractivity contribution is -0.134. The highest BCUT2D eigenvalue weighted by molar-refractivity contribution is 6.31. The van der Waals surface area contributed by atoms with Gasteiger partial charge in [0.2, 0.25) is 5.91 Å². The molecule has 0 spiro atoms. The fourth-order valence-corrected chi connectivity index (χ4v) is 3.68. The Morgan fingerprint density at radius 3 is 2.79 bits per heavy atom. The first-order chi connectivity index (χ1) is 11.6. The van der Waals surface area contributed by atoms with Crippen molar-refractivity contribution in [2.75, 3.05) is 6.54 Å². The lowest BCUT2D eigenvalue weighted by atomic mass is 9.94. The van der Waals surface area contributed by atoms with E-state index in [-0.39, 0.29) is 18.0 Å². The summed E-state index contributed by atoms with van der Waals surface area (Å²) in [5, 5.41) is 0.932. The van der Waals surface area contributed by atoms with Crippen LogP contribution in [0.3, 0.4) is 0 Å². The third kappa shape index (κ3) is 3.46. The first-order valence-corrected chi connectivity index (χ1v) is 8.92. The van der Waals surface area contributed by atoms with E-state index in [0.717, 1.165) is 12.8 Å². The third-order valence-corrected chi connectivity index (χ3v) is 5.00. The molecule has 0 radical (unpaired) electrons. The summed E-state index contributed by atoms with van der Waals surface area (Å²) in [6, 6.07) is 5.32. The summed E-state index contributed by atoms with van der Waals surface area (Å²) in [7, 11) is 0. The summed E-state index contributed by atoms with van der Waals surface area (Å²) < 4.78 is 1.38. The van der Waals surface area contributed by atoms with Crippen molar-refractivity contribution in [3.63, 3.8) is 0 Å². The number of likely N-dealkylation sites (N-methyl/N-ethyl adjacent to an activating group) is 1. The van der Waals surface area contributed by atoms with Crippen molar-refractivity contribution < 1.29 is 4.79 Å². The minimum Gasteiger partial charge on any atom is -0.338 e. The van der Waals surface area contributed by atoms with Crippen LogP contribution in [-0.4, -0.2) is 32.9 Å². The van der Waals surface area contributed by atoms with E-state index in [4.69, 9.17) is 11.6 Å². The summed E-state index contributed by atoms with van der Waals surface area (Å²) >= 11 is 5.97. The minimum atomic E-state index is -0.226. The molecule has 6 heteroatoms. The van der Waals surface area contributed by atoms with Gasteiger partial charge in [0.25, 0.3) is 5.56 Å². The summed E-state index contributed by atoms with van der Waals surface area (Å²) in [6.45, 7) is 2.69. The lowest BCUT2D eigenvalue weighted by Gasteiger charge is -2.33. The maximum Gasteiger partial charge on any atom is 0.261 e. The Morgan fingerprint density at radius 1 is 1.33 bits per heavy atom. The predicted octanol–water partition coefficient (Wildman–Crippen LogP) is 3.23. The third-order valence-electron chi connectivity index (χ3n) is 4.77. The summed E-state index contributed by atoms with van der Waals surface area (Å²) in [5.41, 5.74) is 0.364. The number of carbonyl (C=O) groups excluding carboxylic acids is 1. The van der Waals surface area contributed by atoms with Crippen LogP contribution in [-0.2, 0) is 11.3 Å². The van der Waals surface area contributed by atoms with Crippen LogP contribution in [0.4, 0.5) is 0 Å². The Hall–Kier alpha value is -1.88. The predicted molar refractivity (Wildman–Crippen MR) is 95.3 cm³/mol. The number of nitrogens with zero attached hydrogens (tertiary/aromatic N) is 3. The average molecular weight is 348 g/mol. The van der Waals surface area contributed by atoms with E-state index in [9.17, 15) is 9.59 Å². The molecular weight excluding hydrogens is 326 g/mol. The van der Waals surface area contributed by atoms with E-state index >= 15 is 0 Å². The molecule has 0 N–H and O–H groups in total. The van der Waals surface area contributed by atoms with Gasteiger partial charge in [0.1, 0.15) is 6.54 Å². The number of rotatable bonds is 4. The van der Waals surface area contributed by atoms with Crippen LogP contribution in [0.25, 0.3) is 10.9 Å². The molecule has 0 unspecified atom stereocenters. The van der Waals surface area contributed by atoms with Crippen molar-refractivity contribution in [2.45, 2.75) is 51.6 Å². The molecule has 1 saturated carbocycles. The van der Waals surface area contributed by atoms with Crippen LogP contribution in [0.2, 0.25) is 5.02 Å². The smallest absolute Gasteiger partial charge is 0.261 e. The molecule has 1 aliphatic carbocycles. The van der Waals surface area contributed by atoms with Crippen molar-refractivity contribution in [1.82, 2.24) is 14.5 Å². The van der Waals surface area contributed by atoms with Crippen LogP contribution in [0.1, 0.15) is 39.0 Å². The van der Waals surface area contributed by atoms with Gasteiger partial charge in [-0.3, -0.25) is 14.2 Å². The largest absolute Gasteiger partial charge is 0.338 e. The summed E-state index contributed by atoms with van der Waals surface area (Å²) in [5.74, 6) is -0.0188. The molecule has 1 aromatic carbocycles. The molecular formula is C18H22ClN3O2. The van der Waals surface area contributed by atoms with E-state index < -0.39 is 0 Å². The average Bonchev–Trinajstić information content (AvgIpc) is 2.59. The molecule has 2 aromatic rings. The molecule has 0 saturated heterocycles. The van der Waals surface area contributed by atoms with Gasteiger partial charge >= 0.3 is 0 Å². The van der Waals surface area contributed by atoms with Crippen molar-refractivity contribution in [1.29, 1.82) is 0 Å². The highest BCUT2D eigenvalue weighted by Crippen LogP contribution is 2.22. The summed E-state index contributed by atoms with van der Waals surface area (Å²) in [6.07, 6.45) is 7.15. The molecule has 24 heavy (non-hydrogen) atoms. The van der Waals surface area contributed by atoms with Crippen molar-refractivity contribution in [3.8, 4) is 0 Å². The van der Waals surface area contributed by atoms with Crippen molar-refractivity contribution in [2.24, 2.45) is 0 Å². The van der Waals surface area contributed by atoms with Crippen molar-refractivity contribution >= 4 is 28.4 Å². The normalized spacial score (nSPS) is 15.6. The van der Waals surface area contributed by atoms with E-state index in [1.165, 1.54) is 30.2 Å². The zero-order valence-corrected chi connectivity index (χ0v) is 14.6. The molecule has 5 nitrogen and oxygen atoms in total. The van der Waals surface area contributed by atoms with Gasteiger partial charge in [0.15, 0.2) is 0 Å². The molecule has 0 bridgehead atoms. The minimum absolute atomic E-state index is 0.0188. The van der Waals surface area contributed by atoms with Gasteiger partial charge in [0, 0.05) is 17.6 Å². The topological polar surface area (TPSA) is 55.2 Å². The Labute approximate surface area is 146 Å². The van der Waals surface area contributed by atoms with Crippen LogP contribution < -0.4 is 5.56 Å². The maximum atomic E-state index is 12.7. The number of carbonyl (C=O) groups is 1. The molecule has 0 aliphatic heterocycles. The first-order valence-electron chi connectivity index (χ1n) is 8.54. The quantitative estimate of drug-likeness (QED) is 0.853. The van der Waals surface area contributed by atoms with Gasteiger partial charge in [0.05, 0.1) is 17.2 Å². The molecule has 1 heterocycles. The van der Waals surface area contributed by atoms with E-state index in [1.807, 2.05) is 11.8 Å². The highest BCUT2D eigenvalue weighted by atomic mass is 35.5. The maximum absolute atomic E-state index is 12.7. The van der Waals surface area contributed by atoms with E-state index in [1.54, 1.807) is 18.2 Å². The van der Waals surface area contributed by atoms with Gasteiger partial charge in [-0.2, -0.15) is 0 Å². The zero-order valence-electron chi connectivity index (χ0n) is 13.9. The number of fused-ring (bicyclic) bond motifs is 1. The SMILES string of the molecule is CCN(C(=O)Cn1cnc2ccc(Cl)cc2c1=O)C1CCCCC1. The Bertz CT molecular complexity index is 796. The number of hydrogen-bond acceptors (Lipinski definition) is 3. The lowest BCUT2D eigenvalue weighted by Crippen LogP contribution is -2.44. The number of amides is 1. The molecule has 0 atom stereocenters. The first kappa shape index (κ1) is 17.0. The zero-order chi connectivity index (χ0) is 17.1. The number of halogens is 1. The Balaban J connectivity index is 1.84. The van der Waals surface area contributed by atoms with E-state index in [0.29, 0.717) is 28.5 Å². The second kappa shape index (κ2) is 7.34. The molecule has 1 amide bonds. The van der Waals surface area contributed by atoms with Crippen LogP contribution in [0.15, 0.2) is 29.3 Å². The van der Waals surface area contributed by atoms with Gasteiger partial charge in [-0.25, -0.2) is 4.98 Å². The van der Waals surface area contributed by atoms with Gasteiger partial charge in [-0.05, 0) is 38.0 Å². The van der Waals surface area contributed by atoms with Gasteiger partial charge in [-0.1, -0.05) is 30.9 Å². The molecule has 1 fully saturated rings. The Kier molecular flexibility index (Phi) is 5.19. The molecule has 1 aliphatic rings. The molecule has 128 valence electrons. The monoisotopic (exact) mass is 347 g/mol. The Morgan fingerprint density at radius 2 is 2.08 bits per heavy atom. The van der Waals surface area contributed by atoms with Crippen LogP contribution >= 0.6 is 11.6 Å². The molecule has 3 rings (SSSR count). The second-order valence-corrected chi connectivity index (χ2v) is 6.75. The van der Waals surface area contributed by atoms with E-state index in [2.05, 4.69) is 4.98 Å². The van der Waals surface area contributed by atoms with Gasteiger partial charge < -0.3 is 4.90 Å². The number of aromatic nitrogens is 2. The number of hydrogen-bond donors (Lipinski definition) is 0. The standard InChI is InChI=1S/C18H22ClN3O2/c1-2-22(14-6-4-3-5-7-14)17(23)11-21-12-20-16-9-8-13(19)10-15(16)18(21)24/h8-10,12,14H,2-7,11H2,1H3. The van der Waals surface area contributed by atoms with Crippen LogP contribution in [0, 0.1) is 0 Å². The summed E-state index contributed by atoms with van der Waals surface area (Å²) in [4.78, 5) is 31.5. The molecule has 1 aromatic heterocycles. The second-order valence-electron chi connectivity index (χ2n) is 6.31. The fraction of sp³-hybridized carbons (Fsp3) is 0.500. The fourth-order valence-electron chi connectivity index (χ4n) is 3.51. The highest BCUT2D eigenvalue weighted by Gasteiger charge is 2.24. The van der Waals surface area contributed by atoms with Crippen molar-refractivity contribution in [3.05, 3.63) is 39.9 Å². The van der Waals surface area contributed by atoms with Gasteiger partial charge in [-0.15, -0.1) is 0 Å². The number of benzene rings is 1.